The minimum atomic E-state index is 0.750. The molecule has 1 aromatic carbocycles. The van der Waals surface area contributed by atoms with Crippen LogP contribution in [0, 0.1) is 6.92 Å². The quantitative estimate of drug-likeness (QED) is 0.677. The Morgan fingerprint density at radius 3 is 2.43 bits per heavy atom. The summed E-state index contributed by atoms with van der Waals surface area (Å²) in [5, 5.41) is 0. The van der Waals surface area contributed by atoms with E-state index in [-0.39, 0.29) is 0 Å². The molecule has 0 saturated heterocycles. The highest BCUT2D eigenvalue weighted by atomic mass is 16.5. The van der Waals surface area contributed by atoms with E-state index in [1.165, 1.54) is 18.1 Å². The maximum atomic E-state index is 8.81. The van der Waals surface area contributed by atoms with Crippen LogP contribution in [0.1, 0.15) is 25.0 Å². The molecule has 0 aromatic heterocycles. The first-order valence-corrected chi connectivity index (χ1v) is 4.72. The predicted molar refractivity (Wildman–Crippen MR) is 58.8 cm³/mol. The third-order valence-corrected chi connectivity index (χ3v) is 1.88. The van der Waals surface area contributed by atoms with Crippen molar-refractivity contribution in [1.82, 2.24) is 0 Å². The lowest BCUT2D eigenvalue weighted by Gasteiger charge is -2.05. The second-order valence-corrected chi connectivity index (χ2v) is 2.89. The lowest BCUT2D eigenvalue weighted by Crippen LogP contribution is -1.88. The number of ether oxygens (including phenoxy) is 1. The minimum absolute atomic E-state index is 0.750. The zero-order chi connectivity index (χ0) is 11.0. The molecule has 0 spiro atoms. The molecule has 0 atom stereocenters. The van der Waals surface area contributed by atoms with Gasteiger partial charge in [0.1, 0.15) is 12.0 Å². The van der Waals surface area contributed by atoms with Gasteiger partial charge >= 0.3 is 0 Å². The summed E-state index contributed by atoms with van der Waals surface area (Å²) in [6, 6.07) is 6.32. The van der Waals surface area contributed by atoms with Gasteiger partial charge in [0.15, 0.2) is 0 Å². The van der Waals surface area contributed by atoms with E-state index >= 15 is 0 Å². The molecule has 0 aliphatic carbocycles. The molecule has 0 saturated carbocycles. The van der Waals surface area contributed by atoms with Crippen molar-refractivity contribution >= 4 is 6.29 Å². The van der Waals surface area contributed by atoms with Gasteiger partial charge in [-0.25, -0.2) is 0 Å². The number of carbonyl (C=O) groups is 1. The van der Waals surface area contributed by atoms with Crippen molar-refractivity contribution in [2.45, 2.75) is 27.2 Å². The molecule has 1 aromatic rings. The number of hydrogen-bond donors (Lipinski definition) is 0. The molecule has 0 amide bonds. The van der Waals surface area contributed by atoms with Crippen molar-refractivity contribution in [3.8, 4) is 5.75 Å². The molecular weight excluding hydrogens is 176 g/mol. The molecule has 0 aliphatic heterocycles. The summed E-state index contributed by atoms with van der Waals surface area (Å²) in [4.78, 5) is 8.81. The van der Waals surface area contributed by atoms with Crippen LogP contribution in [-0.2, 0) is 11.2 Å². The second-order valence-electron chi connectivity index (χ2n) is 2.89. The highest BCUT2D eigenvalue weighted by molar-refractivity contribution is 5.44. The van der Waals surface area contributed by atoms with Crippen LogP contribution in [-0.4, -0.2) is 13.4 Å². The molecule has 0 N–H and O–H groups in total. The van der Waals surface area contributed by atoms with E-state index in [0.29, 0.717) is 0 Å². The van der Waals surface area contributed by atoms with E-state index in [1.807, 2.05) is 0 Å². The number of rotatable bonds is 2. The summed E-state index contributed by atoms with van der Waals surface area (Å²) < 4.78 is 5.19. The summed E-state index contributed by atoms with van der Waals surface area (Å²) in [6.07, 6.45) is 1.82. The number of aryl methyl sites for hydroxylation is 2. The summed E-state index contributed by atoms with van der Waals surface area (Å²) in [5.74, 6) is 0.990. The topological polar surface area (TPSA) is 26.3 Å². The summed E-state index contributed by atoms with van der Waals surface area (Å²) in [6.45, 7) is 5.64. The van der Waals surface area contributed by atoms with Crippen LogP contribution < -0.4 is 4.74 Å². The fraction of sp³-hybridized carbons (Fsp3) is 0.417. The Morgan fingerprint density at radius 1 is 1.43 bits per heavy atom. The van der Waals surface area contributed by atoms with Crippen molar-refractivity contribution < 1.29 is 9.53 Å². The zero-order valence-electron chi connectivity index (χ0n) is 9.33. The molecule has 14 heavy (non-hydrogen) atoms. The van der Waals surface area contributed by atoms with Crippen LogP contribution in [0.5, 0.6) is 5.75 Å². The van der Waals surface area contributed by atoms with Crippen molar-refractivity contribution in [2.75, 3.05) is 7.11 Å². The Hall–Kier alpha value is -1.31. The van der Waals surface area contributed by atoms with Gasteiger partial charge in [0.05, 0.1) is 7.11 Å². The van der Waals surface area contributed by atoms with Crippen LogP contribution in [0.4, 0.5) is 0 Å². The third-order valence-electron chi connectivity index (χ3n) is 1.88. The average molecular weight is 194 g/mol. The molecule has 0 bridgehead atoms. The third kappa shape index (κ3) is 4.08. The highest BCUT2D eigenvalue weighted by Gasteiger charge is 1.97. The molecule has 0 fully saturated rings. The monoisotopic (exact) mass is 194 g/mol. The maximum absolute atomic E-state index is 8.81. The SMILES string of the molecule is CC=O.CCc1ccc(C)c(OC)c1. The first kappa shape index (κ1) is 12.7. The van der Waals surface area contributed by atoms with E-state index in [1.54, 1.807) is 7.11 Å². The standard InChI is InChI=1S/C10H14O.C2H4O/c1-4-9-6-5-8(2)10(7-9)11-3;1-2-3/h5-7H,4H2,1-3H3;2H,1H3. The summed E-state index contributed by atoms with van der Waals surface area (Å²) >= 11 is 0. The molecule has 1 rings (SSSR count). The van der Waals surface area contributed by atoms with E-state index in [4.69, 9.17) is 9.53 Å². The van der Waals surface area contributed by atoms with Gasteiger partial charge < -0.3 is 9.53 Å². The molecule has 0 heterocycles. The van der Waals surface area contributed by atoms with Crippen molar-refractivity contribution in [2.24, 2.45) is 0 Å². The van der Waals surface area contributed by atoms with Gasteiger partial charge in [-0.05, 0) is 37.5 Å². The van der Waals surface area contributed by atoms with Gasteiger partial charge in [0, 0.05) is 0 Å². The van der Waals surface area contributed by atoms with Crippen LogP contribution in [0.2, 0.25) is 0 Å². The van der Waals surface area contributed by atoms with E-state index < -0.39 is 0 Å². The number of methoxy groups -OCH3 is 1. The van der Waals surface area contributed by atoms with Crippen molar-refractivity contribution in [3.05, 3.63) is 29.3 Å². The van der Waals surface area contributed by atoms with Crippen LogP contribution in [0.15, 0.2) is 18.2 Å². The van der Waals surface area contributed by atoms with Crippen LogP contribution in [0.3, 0.4) is 0 Å². The fourth-order valence-electron chi connectivity index (χ4n) is 1.08. The molecule has 0 aliphatic rings. The van der Waals surface area contributed by atoms with Gasteiger partial charge in [-0.15, -0.1) is 0 Å². The van der Waals surface area contributed by atoms with Gasteiger partial charge in [-0.2, -0.15) is 0 Å². The highest BCUT2D eigenvalue weighted by Crippen LogP contribution is 2.18. The van der Waals surface area contributed by atoms with Gasteiger partial charge in [-0.1, -0.05) is 19.1 Å². The normalized spacial score (nSPS) is 8.57. The van der Waals surface area contributed by atoms with Crippen LogP contribution in [0.25, 0.3) is 0 Å². The Labute approximate surface area is 85.9 Å². The predicted octanol–water partition coefficient (Wildman–Crippen LogP) is 2.77. The molecule has 0 radical (unpaired) electrons. The Morgan fingerprint density at radius 2 is 2.00 bits per heavy atom. The smallest absolute Gasteiger partial charge is 0.122 e. The molecular formula is C12H18O2. The lowest BCUT2D eigenvalue weighted by atomic mass is 10.1. The zero-order valence-corrected chi connectivity index (χ0v) is 9.33. The van der Waals surface area contributed by atoms with Crippen molar-refractivity contribution in [1.29, 1.82) is 0 Å². The summed E-state index contributed by atoms with van der Waals surface area (Å²) in [7, 11) is 1.71. The fourth-order valence-corrected chi connectivity index (χ4v) is 1.08. The molecule has 78 valence electrons. The Balaban J connectivity index is 0.000000500. The van der Waals surface area contributed by atoms with Gasteiger partial charge in [-0.3, -0.25) is 0 Å². The first-order valence-electron chi connectivity index (χ1n) is 4.72. The van der Waals surface area contributed by atoms with E-state index in [2.05, 4.69) is 32.0 Å². The maximum Gasteiger partial charge on any atom is 0.122 e. The Bertz CT molecular complexity index is 280. The van der Waals surface area contributed by atoms with Crippen molar-refractivity contribution in [3.63, 3.8) is 0 Å². The number of hydrogen-bond acceptors (Lipinski definition) is 2. The first-order chi connectivity index (χ1) is 6.69. The van der Waals surface area contributed by atoms with Gasteiger partial charge in [0.2, 0.25) is 0 Å². The summed E-state index contributed by atoms with van der Waals surface area (Å²) in [5.41, 5.74) is 2.53. The number of benzene rings is 1. The second kappa shape index (κ2) is 7.13. The average Bonchev–Trinajstić information content (AvgIpc) is 2.20. The molecule has 0 unspecified atom stereocenters. The Kier molecular flexibility index (Phi) is 6.46. The lowest BCUT2D eigenvalue weighted by molar-refractivity contribution is -0.106. The number of carbonyl (C=O) groups excluding carboxylic acids is 1. The van der Waals surface area contributed by atoms with E-state index in [0.717, 1.165) is 18.5 Å². The van der Waals surface area contributed by atoms with E-state index in [9.17, 15) is 0 Å². The largest absolute Gasteiger partial charge is 0.496 e. The van der Waals surface area contributed by atoms with Crippen LogP contribution >= 0.6 is 0 Å². The molecule has 2 heteroatoms. The van der Waals surface area contributed by atoms with Gasteiger partial charge in [0.25, 0.3) is 0 Å². The minimum Gasteiger partial charge on any atom is -0.496 e. The number of aldehydes is 1. The molecule has 2 nitrogen and oxygen atoms in total.